The Labute approximate surface area is 102 Å². The SMILES string of the molecule is CNc1ccc(S(=O)(=O)N(C)CCC#N)cc1. The van der Waals surface area contributed by atoms with Crippen molar-refractivity contribution in [1.82, 2.24) is 4.31 Å². The molecule has 0 saturated carbocycles. The summed E-state index contributed by atoms with van der Waals surface area (Å²) in [4.78, 5) is 0.233. The first kappa shape index (κ1) is 13.5. The number of sulfonamides is 1. The molecule has 0 aliphatic rings. The Balaban J connectivity index is 2.93. The van der Waals surface area contributed by atoms with Gasteiger partial charge in [-0.05, 0) is 24.3 Å². The lowest BCUT2D eigenvalue weighted by Crippen LogP contribution is -2.27. The molecule has 6 heteroatoms. The summed E-state index contributed by atoms with van der Waals surface area (Å²) in [6, 6.07) is 8.41. The van der Waals surface area contributed by atoms with Crippen LogP contribution in [-0.2, 0) is 10.0 Å². The molecule has 92 valence electrons. The average Bonchev–Trinajstić information content (AvgIpc) is 2.35. The van der Waals surface area contributed by atoms with E-state index in [2.05, 4.69) is 5.32 Å². The van der Waals surface area contributed by atoms with E-state index in [0.29, 0.717) is 0 Å². The van der Waals surface area contributed by atoms with Crippen LogP contribution in [0.15, 0.2) is 29.2 Å². The fourth-order valence-corrected chi connectivity index (χ4v) is 2.47. The minimum Gasteiger partial charge on any atom is -0.388 e. The molecule has 0 atom stereocenters. The molecule has 0 saturated heterocycles. The highest BCUT2D eigenvalue weighted by Crippen LogP contribution is 2.17. The summed E-state index contributed by atoms with van der Waals surface area (Å²) in [5.74, 6) is 0. The van der Waals surface area contributed by atoms with Crippen molar-refractivity contribution < 1.29 is 8.42 Å². The van der Waals surface area contributed by atoms with Gasteiger partial charge in [-0.15, -0.1) is 0 Å². The van der Waals surface area contributed by atoms with Gasteiger partial charge in [0.2, 0.25) is 10.0 Å². The lowest BCUT2D eigenvalue weighted by atomic mass is 10.3. The van der Waals surface area contributed by atoms with Crippen LogP contribution in [0.1, 0.15) is 6.42 Å². The first-order valence-electron chi connectivity index (χ1n) is 5.13. The molecular formula is C11H15N3O2S. The zero-order chi connectivity index (χ0) is 12.9. The van der Waals surface area contributed by atoms with Gasteiger partial charge in [0.1, 0.15) is 0 Å². The van der Waals surface area contributed by atoms with Gasteiger partial charge in [-0.25, -0.2) is 8.42 Å². The van der Waals surface area contributed by atoms with Crippen LogP contribution < -0.4 is 5.32 Å². The number of nitrogens with zero attached hydrogens (tertiary/aromatic N) is 2. The number of anilines is 1. The van der Waals surface area contributed by atoms with E-state index in [1.165, 1.54) is 11.4 Å². The first-order valence-corrected chi connectivity index (χ1v) is 6.57. The summed E-state index contributed by atoms with van der Waals surface area (Å²) < 4.78 is 25.3. The Morgan fingerprint density at radius 3 is 2.41 bits per heavy atom. The van der Waals surface area contributed by atoms with E-state index < -0.39 is 10.0 Å². The molecule has 17 heavy (non-hydrogen) atoms. The molecule has 0 unspecified atom stereocenters. The predicted octanol–water partition coefficient (Wildman–Crippen LogP) is 1.26. The topological polar surface area (TPSA) is 73.2 Å². The Kier molecular flexibility index (Phi) is 4.49. The van der Waals surface area contributed by atoms with Gasteiger partial charge in [-0.2, -0.15) is 9.57 Å². The van der Waals surface area contributed by atoms with E-state index in [9.17, 15) is 8.42 Å². The van der Waals surface area contributed by atoms with Crippen molar-refractivity contribution in [2.45, 2.75) is 11.3 Å². The summed E-state index contributed by atoms with van der Waals surface area (Å²) in [6.45, 7) is 0.201. The summed E-state index contributed by atoms with van der Waals surface area (Å²) in [5.41, 5.74) is 0.851. The third kappa shape index (κ3) is 3.19. The van der Waals surface area contributed by atoms with Crippen LogP contribution in [0.3, 0.4) is 0 Å². The average molecular weight is 253 g/mol. The third-order valence-corrected chi connectivity index (χ3v) is 4.26. The van der Waals surface area contributed by atoms with Crippen LogP contribution in [0.2, 0.25) is 0 Å². The van der Waals surface area contributed by atoms with Gasteiger partial charge in [-0.1, -0.05) is 0 Å². The van der Waals surface area contributed by atoms with Crippen molar-refractivity contribution in [2.75, 3.05) is 26.0 Å². The van der Waals surface area contributed by atoms with E-state index >= 15 is 0 Å². The van der Waals surface area contributed by atoms with Gasteiger partial charge in [0.05, 0.1) is 11.0 Å². The van der Waals surface area contributed by atoms with Crippen molar-refractivity contribution >= 4 is 15.7 Å². The number of hydrogen-bond donors (Lipinski definition) is 1. The van der Waals surface area contributed by atoms with E-state index in [4.69, 9.17) is 5.26 Å². The zero-order valence-corrected chi connectivity index (χ0v) is 10.7. The molecule has 0 radical (unpaired) electrons. The van der Waals surface area contributed by atoms with Gasteiger partial charge >= 0.3 is 0 Å². The lowest BCUT2D eigenvalue weighted by Gasteiger charge is -2.15. The molecule has 0 aliphatic heterocycles. The van der Waals surface area contributed by atoms with E-state index in [1.54, 1.807) is 31.3 Å². The van der Waals surface area contributed by atoms with Gasteiger partial charge in [-0.3, -0.25) is 0 Å². The van der Waals surface area contributed by atoms with Crippen LogP contribution in [-0.4, -0.2) is 33.4 Å². The van der Waals surface area contributed by atoms with Crippen LogP contribution in [0, 0.1) is 11.3 Å². The summed E-state index contributed by atoms with van der Waals surface area (Å²) in [7, 11) is -0.244. The van der Waals surface area contributed by atoms with Crippen molar-refractivity contribution in [1.29, 1.82) is 5.26 Å². The predicted molar refractivity (Wildman–Crippen MR) is 66.0 cm³/mol. The molecule has 0 amide bonds. The molecule has 5 nitrogen and oxygen atoms in total. The highest BCUT2D eigenvalue weighted by atomic mass is 32.2. The quantitative estimate of drug-likeness (QED) is 0.857. The van der Waals surface area contributed by atoms with E-state index in [1.807, 2.05) is 6.07 Å². The Bertz CT molecular complexity index is 503. The number of nitriles is 1. The maximum Gasteiger partial charge on any atom is 0.242 e. The van der Waals surface area contributed by atoms with Crippen molar-refractivity contribution in [2.24, 2.45) is 0 Å². The van der Waals surface area contributed by atoms with Crippen molar-refractivity contribution in [3.05, 3.63) is 24.3 Å². The summed E-state index contributed by atoms with van der Waals surface area (Å²) in [6.07, 6.45) is 0.185. The fraction of sp³-hybridized carbons (Fsp3) is 0.364. The van der Waals surface area contributed by atoms with Crippen LogP contribution in [0.5, 0.6) is 0 Å². The number of rotatable bonds is 5. The molecule has 1 rings (SSSR count). The fourth-order valence-electron chi connectivity index (χ4n) is 1.30. The lowest BCUT2D eigenvalue weighted by molar-refractivity contribution is 0.476. The smallest absolute Gasteiger partial charge is 0.242 e. The normalized spacial score (nSPS) is 11.2. The molecule has 1 N–H and O–H groups in total. The first-order chi connectivity index (χ1) is 8.02. The van der Waals surface area contributed by atoms with Crippen molar-refractivity contribution in [3.8, 4) is 6.07 Å². The van der Waals surface area contributed by atoms with E-state index in [-0.39, 0.29) is 17.9 Å². The standard InChI is InChI=1S/C11H15N3O2S/c1-13-10-4-6-11(7-5-10)17(15,16)14(2)9-3-8-12/h4-7,13H,3,9H2,1-2H3. The summed E-state index contributed by atoms with van der Waals surface area (Å²) in [5, 5.41) is 11.4. The van der Waals surface area contributed by atoms with Crippen LogP contribution in [0.25, 0.3) is 0 Å². The molecule has 0 fully saturated rings. The molecule has 0 heterocycles. The largest absolute Gasteiger partial charge is 0.388 e. The number of hydrogen-bond acceptors (Lipinski definition) is 4. The number of nitrogens with one attached hydrogen (secondary N) is 1. The molecule has 0 aliphatic carbocycles. The zero-order valence-electron chi connectivity index (χ0n) is 9.84. The maximum absolute atomic E-state index is 12.0. The molecule has 1 aromatic carbocycles. The molecular weight excluding hydrogens is 238 g/mol. The second-order valence-electron chi connectivity index (χ2n) is 3.51. The second-order valence-corrected chi connectivity index (χ2v) is 5.55. The minimum absolute atomic E-state index is 0.185. The number of benzene rings is 1. The monoisotopic (exact) mass is 253 g/mol. The van der Waals surface area contributed by atoms with Crippen LogP contribution >= 0.6 is 0 Å². The van der Waals surface area contributed by atoms with Gasteiger partial charge < -0.3 is 5.32 Å². The second kappa shape index (κ2) is 5.66. The van der Waals surface area contributed by atoms with Crippen molar-refractivity contribution in [3.63, 3.8) is 0 Å². The summed E-state index contributed by atoms with van der Waals surface area (Å²) >= 11 is 0. The molecule has 0 spiro atoms. The van der Waals surface area contributed by atoms with Gasteiger partial charge in [0.15, 0.2) is 0 Å². The van der Waals surface area contributed by atoms with E-state index in [0.717, 1.165) is 5.69 Å². The molecule has 0 aromatic heterocycles. The van der Waals surface area contributed by atoms with Gasteiger partial charge in [0, 0.05) is 32.7 Å². The Hall–Kier alpha value is -1.58. The highest BCUT2D eigenvalue weighted by Gasteiger charge is 2.19. The molecule has 1 aromatic rings. The van der Waals surface area contributed by atoms with Gasteiger partial charge in [0.25, 0.3) is 0 Å². The Morgan fingerprint density at radius 2 is 1.94 bits per heavy atom. The third-order valence-electron chi connectivity index (χ3n) is 2.39. The minimum atomic E-state index is -3.48. The maximum atomic E-state index is 12.0. The Morgan fingerprint density at radius 1 is 1.35 bits per heavy atom. The highest BCUT2D eigenvalue weighted by molar-refractivity contribution is 7.89. The molecule has 0 bridgehead atoms. The van der Waals surface area contributed by atoms with Crippen LogP contribution in [0.4, 0.5) is 5.69 Å².